The summed E-state index contributed by atoms with van der Waals surface area (Å²) in [5.41, 5.74) is 5.82. The molecule has 3 N–H and O–H groups in total. The van der Waals surface area contributed by atoms with E-state index < -0.39 is 20.7 Å². The van der Waals surface area contributed by atoms with Gasteiger partial charge in [-0.25, -0.2) is 12.8 Å². The number of nitrogen functional groups attached to an aromatic ring is 1. The summed E-state index contributed by atoms with van der Waals surface area (Å²) in [6, 6.07) is 2.19. The monoisotopic (exact) mass is 381 g/mol. The molecule has 0 unspecified atom stereocenters. The second-order valence-corrected chi connectivity index (χ2v) is 7.53. The Morgan fingerprint density at radius 3 is 2.48 bits per heavy atom. The highest BCUT2D eigenvalue weighted by Gasteiger charge is 2.31. The molecule has 1 fully saturated rings. The number of halogens is 2. The highest BCUT2D eigenvalue weighted by atomic mass is 79.9. The molecule has 21 heavy (non-hydrogen) atoms. The molecule has 0 aromatic heterocycles. The van der Waals surface area contributed by atoms with Crippen LogP contribution < -0.4 is 5.73 Å². The number of β-amino-alcohol motifs (C(OH)–C–C–N with tert-alkyl or cyclic N) is 1. The number of rotatable bonds is 4. The molecule has 1 heterocycles. The topological polar surface area (TPSA) is 86.9 Å². The van der Waals surface area contributed by atoms with Crippen molar-refractivity contribution in [2.75, 3.05) is 45.1 Å². The van der Waals surface area contributed by atoms with Gasteiger partial charge in [0.25, 0.3) is 0 Å². The summed E-state index contributed by atoms with van der Waals surface area (Å²) in [5, 5.41) is 8.87. The number of piperazine rings is 1. The Bertz CT molecular complexity index is 618. The molecule has 1 aromatic rings. The molecule has 0 amide bonds. The van der Waals surface area contributed by atoms with Crippen LogP contribution in [0.3, 0.4) is 0 Å². The molecule has 0 radical (unpaired) electrons. The summed E-state index contributed by atoms with van der Waals surface area (Å²) < 4.78 is 40.5. The molecule has 0 bridgehead atoms. The Labute approximate surface area is 131 Å². The lowest BCUT2D eigenvalue weighted by molar-refractivity contribution is 0.151. The van der Waals surface area contributed by atoms with Gasteiger partial charge in [-0.2, -0.15) is 4.31 Å². The zero-order chi connectivity index (χ0) is 15.6. The number of aliphatic hydroxyl groups is 1. The predicted octanol–water partition coefficient (Wildman–Crippen LogP) is 0.469. The van der Waals surface area contributed by atoms with Gasteiger partial charge >= 0.3 is 0 Å². The number of aliphatic hydroxyl groups excluding tert-OH is 1. The largest absolute Gasteiger partial charge is 0.398 e. The standard InChI is InChI=1S/C12H17BrFN3O3S/c13-9-7-10(14)12(8-11(9)15)21(19,20)17-3-1-16(2-4-17)5-6-18/h7-8,18H,1-6,15H2. The number of hydrogen-bond donors (Lipinski definition) is 2. The summed E-state index contributed by atoms with van der Waals surface area (Å²) in [6.45, 7) is 2.08. The second-order valence-electron chi connectivity index (χ2n) is 4.77. The van der Waals surface area contributed by atoms with Crippen molar-refractivity contribution in [1.82, 2.24) is 9.21 Å². The first kappa shape index (κ1) is 16.6. The van der Waals surface area contributed by atoms with Crippen LogP contribution in [0.4, 0.5) is 10.1 Å². The molecular weight excluding hydrogens is 365 g/mol. The molecule has 0 aliphatic carbocycles. The molecule has 0 spiro atoms. The van der Waals surface area contributed by atoms with E-state index in [9.17, 15) is 12.8 Å². The summed E-state index contributed by atoms with van der Waals surface area (Å²) in [6.07, 6.45) is 0. The number of hydrogen-bond acceptors (Lipinski definition) is 5. The van der Waals surface area contributed by atoms with E-state index in [1.165, 1.54) is 4.31 Å². The van der Waals surface area contributed by atoms with Crippen molar-refractivity contribution in [2.45, 2.75) is 4.90 Å². The van der Waals surface area contributed by atoms with Gasteiger partial charge in [0.15, 0.2) is 0 Å². The lowest BCUT2D eigenvalue weighted by atomic mass is 10.3. The Balaban J connectivity index is 2.22. The summed E-state index contributed by atoms with van der Waals surface area (Å²) in [5.74, 6) is -0.825. The van der Waals surface area contributed by atoms with Gasteiger partial charge in [0.05, 0.1) is 6.61 Å². The smallest absolute Gasteiger partial charge is 0.246 e. The van der Waals surface area contributed by atoms with Gasteiger partial charge in [-0.05, 0) is 28.1 Å². The second kappa shape index (κ2) is 6.57. The van der Waals surface area contributed by atoms with Gasteiger partial charge in [0.1, 0.15) is 10.7 Å². The summed E-state index contributed by atoms with van der Waals surface area (Å²) in [4.78, 5) is 1.55. The van der Waals surface area contributed by atoms with E-state index in [1.54, 1.807) is 0 Å². The lowest BCUT2D eigenvalue weighted by Crippen LogP contribution is -2.49. The SMILES string of the molecule is Nc1cc(S(=O)(=O)N2CCN(CCO)CC2)c(F)cc1Br. The number of nitrogens with zero attached hydrogens (tertiary/aromatic N) is 2. The minimum Gasteiger partial charge on any atom is -0.398 e. The van der Waals surface area contributed by atoms with Crippen LogP contribution in [0.5, 0.6) is 0 Å². The Morgan fingerprint density at radius 1 is 1.29 bits per heavy atom. The maximum absolute atomic E-state index is 13.9. The van der Waals surface area contributed by atoms with Gasteiger partial charge in [0.2, 0.25) is 10.0 Å². The quantitative estimate of drug-likeness (QED) is 0.740. The molecule has 0 atom stereocenters. The van der Waals surface area contributed by atoms with Crippen molar-refractivity contribution in [3.63, 3.8) is 0 Å². The van der Waals surface area contributed by atoms with E-state index in [0.29, 0.717) is 24.1 Å². The first-order valence-corrected chi connectivity index (χ1v) is 8.67. The van der Waals surface area contributed by atoms with E-state index in [2.05, 4.69) is 15.9 Å². The number of nitrogens with two attached hydrogens (primary N) is 1. The van der Waals surface area contributed by atoms with Gasteiger partial charge in [-0.1, -0.05) is 0 Å². The van der Waals surface area contributed by atoms with E-state index in [1.807, 2.05) is 4.90 Å². The Hall–Kier alpha value is -0.740. The molecule has 2 rings (SSSR count). The molecule has 1 saturated heterocycles. The first-order valence-electron chi connectivity index (χ1n) is 6.44. The average molecular weight is 382 g/mol. The third-order valence-corrected chi connectivity index (χ3v) is 6.02. The molecule has 118 valence electrons. The molecule has 1 aliphatic heterocycles. The highest BCUT2D eigenvalue weighted by Crippen LogP contribution is 2.28. The van der Waals surface area contributed by atoms with Crippen molar-refractivity contribution < 1.29 is 17.9 Å². The van der Waals surface area contributed by atoms with Crippen molar-refractivity contribution >= 4 is 31.6 Å². The molecular formula is C12H17BrFN3O3S. The van der Waals surface area contributed by atoms with Crippen LogP contribution in [-0.4, -0.2) is 62.1 Å². The fraction of sp³-hybridized carbons (Fsp3) is 0.500. The van der Waals surface area contributed by atoms with Gasteiger partial charge in [0, 0.05) is 42.9 Å². The molecule has 1 aromatic carbocycles. The summed E-state index contributed by atoms with van der Waals surface area (Å²) >= 11 is 3.06. The lowest BCUT2D eigenvalue weighted by Gasteiger charge is -2.33. The van der Waals surface area contributed by atoms with Crippen LogP contribution in [-0.2, 0) is 10.0 Å². The number of anilines is 1. The fourth-order valence-corrected chi connectivity index (χ4v) is 4.04. The first-order chi connectivity index (χ1) is 9.86. The van der Waals surface area contributed by atoms with E-state index in [4.69, 9.17) is 10.8 Å². The average Bonchev–Trinajstić information content (AvgIpc) is 2.43. The highest BCUT2D eigenvalue weighted by molar-refractivity contribution is 9.10. The molecule has 1 aliphatic rings. The molecule has 0 saturated carbocycles. The zero-order valence-corrected chi connectivity index (χ0v) is 13.7. The van der Waals surface area contributed by atoms with Crippen LogP contribution in [0, 0.1) is 5.82 Å². The fourth-order valence-electron chi connectivity index (χ4n) is 2.22. The van der Waals surface area contributed by atoms with Crippen LogP contribution in [0.2, 0.25) is 0 Å². The third-order valence-electron chi connectivity index (χ3n) is 3.42. The van der Waals surface area contributed by atoms with Crippen molar-refractivity contribution in [3.05, 3.63) is 22.4 Å². The van der Waals surface area contributed by atoms with E-state index in [0.717, 1.165) is 12.1 Å². The van der Waals surface area contributed by atoms with Crippen LogP contribution in [0.1, 0.15) is 0 Å². The molecule has 9 heteroatoms. The van der Waals surface area contributed by atoms with Crippen LogP contribution >= 0.6 is 15.9 Å². The normalized spacial score (nSPS) is 18.0. The van der Waals surface area contributed by atoms with Gasteiger partial charge in [-0.3, -0.25) is 4.90 Å². The van der Waals surface area contributed by atoms with Gasteiger partial charge in [-0.15, -0.1) is 0 Å². The van der Waals surface area contributed by atoms with Crippen LogP contribution in [0.15, 0.2) is 21.5 Å². The van der Waals surface area contributed by atoms with Crippen molar-refractivity contribution in [3.8, 4) is 0 Å². The zero-order valence-electron chi connectivity index (χ0n) is 11.3. The maximum atomic E-state index is 13.9. The van der Waals surface area contributed by atoms with Crippen molar-refractivity contribution in [1.29, 1.82) is 0 Å². The van der Waals surface area contributed by atoms with Crippen molar-refractivity contribution in [2.24, 2.45) is 0 Å². The van der Waals surface area contributed by atoms with Gasteiger partial charge < -0.3 is 10.8 Å². The maximum Gasteiger partial charge on any atom is 0.246 e. The minimum atomic E-state index is -3.90. The Kier molecular flexibility index (Phi) is 5.20. The predicted molar refractivity (Wildman–Crippen MR) is 80.8 cm³/mol. The Morgan fingerprint density at radius 2 is 1.90 bits per heavy atom. The third kappa shape index (κ3) is 3.54. The van der Waals surface area contributed by atoms with Crippen LogP contribution in [0.25, 0.3) is 0 Å². The number of benzene rings is 1. The summed E-state index contributed by atoms with van der Waals surface area (Å²) in [7, 11) is -3.90. The number of sulfonamides is 1. The van der Waals surface area contributed by atoms with E-state index in [-0.39, 0.29) is 25.4 Å². The minimum absolute atomic E-state index is 0.0324. The van der Waals surface area contributed by atoms with E-state index >= 15 is 0 Å². The molecule has 6 nitrogen and oxygen atoms in total.